The van der Waals surface area contributed by atoms with Crippen LogP contribution < -0.4 is 4.74 Å². The van der Waals surface area contributed by atoms with Gasteiger partial charge >= 0.3 is 0 Å². The molecule has 1 aromatic carbocycles. The van der Waals surface area contributed by atoms with E-state index in [9.17, 15) is 0 Å². The van der Waals surface area contributed by atoms with Gasteiger partial charge < -0.3 is 4.74 Å². The van der Waals surface area contributed by atoms with Gasteiger partial charge in [-0.2, -0.15) is 0 Å². The Hall–Kier alpha value is -1.61. The number of rotatable bonds is 2. The zero-order valence-corrected chi connectivity index (χ0v) is 9.94. The van der Waals surface area contributed by atoms with Crippen molar-refractivity contribution in [3.05, 3.63) is 46.9 Å². The van der Waals surface area contributed by atoms with Crippen LogP contribution in [0.5, 0.6) is 11.6 Å². The number of hydrogen-bond donors (Lipinski definition) is 0. The zero-order chi connectivity index (χ0) is 11.7. The summed E-state index contributed by atoms with van der Waals surface area (Å²) in [6, 6.07) is 7.79. The summed E-state index contributed by atoms with van der Waals surface area (Å²) in [5.74, 6) is 1.28. The molecule has 2 aromatic rings. The standard InChI is InChI=1S/C13H11ClN2O/c14-12-7-13(16-8-15-12)17-11-5-4-9-2-1-3-10(9)6-11/h4-8H,1-3H2. The highest BCUT2D eigenvalue weighted by Crippen LogP contribution is 2.28. The predicted octanol–water partition coefficient (Wildman–Crippen LogP) is 3.41. The number of aryl methyl sites for hydroxylation is 2. The average Bonchev–Trinajstić information content (AvgIpc) is 2.76. The summed E-state index contributed by atoms with van der Waals surface area (Å²) in [4.78, 5) is 7.82. The molecule has 1 heterocycles. The Morgan fingerprint density at radius 2 is 1.94 bits per heavy atom. The fourth-order valence-electron chi connectivity index (χ4n) is 2.11. The number of ether oxygens (including phenoxy) is 1. The fraction of sp³-hybridized carbons (Fsp3) is 0.231. The molecule has 0 saturated carbocycles. The van der Waals surface area contributed by atoms with Crippen LogP contribution in [-0.2, 0) is 12.8 Å². The molecule has 1 aromatic heterocycles. The van der Waals surface area contributed by atoms with E-state index in [0.29, 0.717) is 11.0 Å². The Balaban J connectivity index is 1.86. The number of aromatic nitrogens is 2. The molecular formula is C13H11ClN2O. The van der Waals surface area contributed by atoms with Crippen molar-refractivity contribution in [2.45, 2.75) is 19.3 Å². The maximum atomic E-state index is 5.77. The lowest BCUT2D eigenvalue weighted by Crippen LogP contribution is -1.90. The van der Waals surface area contributed by atoms with Crippen LogP contribution in [-0.4, -0.2) is 9.97 Å². The van der Waals surface area contributed by atoms with Gasteiger partial charge in [-0.15, -0.1) is 0 Å². The topological polar surface area (TPSA) is 35.0 Å². The predicted molar refractivity (Wildman–Crippen MR) is 65.6 cm³/mol. The number of nitrogens with zero attached hydrogens (tertiary/aromatic N) is 2. The Kier molecular flexibility index (Phi) is 2.69. The van der Waals surface area contributed by atoms with Crippen molar-refractivity contribution >= 4 is 11.6 Å². The van der Waals surface area contributed by atoms with Gasteiger partial charge in [-0.25, -0.2) is 9.97 Å². The molecule has 3 nitrogen and oxygen atoms in total. The van der Waals surface area contributed by atoms with E-state index in [0.717, 1.165) is 12.2 Å². The van der Waals surface area contributed by atoms with Crippen LogP contribution in [0.4, 0.5) is 0 Å². The summed E-state index contributed by atoms with van der Waals surface area (Å²) in [5.41, 5.74) is 2.81. The van der Waals surface area contributed by atoms with Gasteiger partial charge in [-0.3, -0.25) is 0 Å². The lowest BCUT2D eigenvalue weighted by Gasteiger charge is -2.06. The van der Waals surface area contributed by atoms with E-state index >= 15 is 0 Å². The van der Waals surface area contributed by atoms with Gasteiger partial charge in [-0.05, 0) is 42.5 Å². The van der Waals surface area contributed by atoms with Gasteiger partial charge in [0.15, 0.2) is 0 Å². The van der Waals surface area contributed by atoms with E-state index in [1.54, 1.807) is 6.07 Å². The number of benzene rings is 1. The molecule has 0 fully saturated rings. The maximum absolute atomic E-state index is 5.77. The van der Waals surface area contributed by atoms with Crippen molar-refractivity contribution in [3.63, 3.8) is 0 Å². The normalized spacial score (nSPS) is 13.5. The molecule has 4 heteroatoms. The molecule has 0 N–H and O–H groups in total. The molecule has 1 aliphatic rings. The van der Waals surface area contributed by atoms with Gasteiger partial charge in [0, 0.05) is 6.07 Å². The number of fused-ring (bicyclic) bond motifs is 1. The van der Waals surface area contributed by atoms with Crippen LogP contribution in [0.2, 0.25) is 5.15 Å². The summed E-state index contributed by atoms with van der Waals surface area (Å²) in [6.07, 6.45) is 4.94. The second-order valence-corrected chi connectivity index (χ2v) is 4.45. The molecule has 0 saturated heterocycles. The third-order valence-corrected chi connectivity index (χ3v) is 3.11. The van der Waals surface area contributed by atoms with Crippen LogP contribution in [0, 0.1) is 0 Å². The molecule has 0 radical (unpaired) electrons. The van der Waals surface area contributed by atoms with E-state index in [4.69, 9.17) is 16.3 Å². The fourth-order valence-corrected chi connectivity index (χ4v) is 2.24. The Bertz CT molecular complexity index is 557. The van der Waals surface area contributed by atoms with Crippen LogP contribution in [0.25, 0.3) is 0 Å². The molecule has 86 valence electrons. The largest absolute Gasteiger partial charge is 0.439 e. The highest BCUT2D eigenvalue weighted by atomic mass is 35.5. The van der Waals surface area contributed by atoms with Crippen LogP contribution in [0.15, 0.2) is 30.6 Å². The van der Waals surface area contributed by atoms with E-state index in [2.05, 4.69) is 22.1 Å². The van der Waals surface area contributed by atoms with Crippen molar-refractivity contribution in [1.29, 1.82) is 0 Å². The lowest BCUT2D eigenvalue weighted by molar-refractivity contribution is 0.461. The SMILES string of the molecule is Clc1cc(Oc2ccc3c(c2)CCC3)ncn1. The first-order valence-electron chi connectivity index (χ1n) is 5.58. The lowest BCUT2D eigenvalue weighted by atomic mass is 10.1. The Morgan fingerprint density at radius 1 is 1.06 bits per heavy atom. The molecule has 17 heavy (non-hydrogen) atoms. The molecule has 0 aliphatic heterocycles. The summed E-state index contributed by atoms with van der Waals surface area (Å²) >= 11 is 5.77. The van der Waals surface area contributed by atoms with Gasteiger partial charge in [-0.1, -0.05) is 17.7 Å². The minimum absolute atomic E-state index is 0.385. The van der Waals surface area contributed by atoms with E-state index in [1.165, 1.54) is 30.3 Å². The first-order chi connectivity index (χ1) is 8.31. The van der Waals surface area contributed by atoms with E-state index in [-0.39, 0.29) is 0 Å². The van der Waals surface area contributed by atoms with E-state index < -0.39 is 0 Å². The van der Waals surface area contributed by atoms with Crippen molar-refractivity contribution in [3.8, 4) is 11.6 Å². The zero-order valence-electron chi connectivity index (χ0n) is 9.19. The summed E-state index contributed by atoms with van der Waals surface area (Å²) < 4.78 is 5.65. The highest BCUT2D eigenvalue weighted by molar-refractivity contribution is 6.29. The van der Waals surface area contributed by atoms with Crippen molar-refractivity contribution in [2.24, 2.45) is 0 Å². The first-order valence-corrected chi connectivity index (χ1v) is 5.96. The quantitative estimate of drug-likeness (QED) is 0.762. The van der Waals surface area contributed by atoms with Crippen molar-refractivity contribution < 1.29 is 4.74 Å². The third kappa shape index (κ3) is 2.24. The van der Waals surface area contributed by atoms with Crippen LogP contribution in [0.3, 0.4) is 0 Å². The molecule has 3 rings (SSSR count). The second kappa shape index (κ2) is 4.34. The van der Waals surface area contributed by atoms with E-state index in [1.807, 2.05) is 6.07 Å². The molecule has 0 bridgehead atoms. The maximum Gasteiger partial charge on any atom is 0.223 e. The molecule has 0 spiro atoms. The Labute approximate surface area is 104 Å². The first kappa shape index (κ1) is 10.5. The highest BCUT2D eigenvalue weighted by Gasteiger charge is 2.11. The minimum Gasteiger partial charge on any atom is -0.439 e. The number of halogens is 1. The monoisotopic (exact) mass is 246 g/mol. The van der Waals surface area contributed by atoms with Crippen LogP contribution in [0.1, 0.15) is 17.5 Å². The van der Waals surface area contributed by atoms with Gasteiger partial charge in [0.2, 0.25) is 5.88 Å². The van der Waals surface area contributed by atoms with Crippen LogP contribution >= 0.6 is 11.6 Å². The summed E-state index contributed by atoms with van der Waals surface area (Å²) in [5, 5.41) is 0.385. The molecule has 0 amide bonds. The third-order valence-electron chi connectivity index (χ3n) is 2.90. The molecular weight excluding hydrogens is 236 g/mol. The van der Waals surface area contributed by atoms with Gasteiger partial charge in [0.05, 0.1) is 0 Å². The van der Waals surface area contributed by atoms with Gasteiger partial charge in [0.1, 0.15) is 17.2 Å². The van der Waals surface area contributed by atoms with Gasteiger partial charge in [0.25, 0.3) is 0 Å². The molecule has 0 unspecified atom stereocenters. The molecule has 0 atom stereocenters. The average molecular weight is 247 g/mol. The minimum atomic E-state index is 0.385. The summed E-state index contributed by atoms with van der Waals surface area (Å²) in [6.45, 7) is 0. The number of hydrogen-bond acceptors (Lipinski definition) is 3. The van der Waals surface area contributed by atoms with Crippen molar-refractivity contribution in [2.75, 3.05) is 0 Å². The Morgan fingerprint density at radius 3 is 2.82 bits per heavy atom. The smallest absolute Gasteiger partial charge is 0.223 e. The second-order valence-electron chi connectivity index (χ2n) is 4.07. The molecule has 1 aliphatic carbocycles. The summed E-state index contributed by atoms with van der Waals surface area (Å²) in [7, 11) is 0. The van der Waals surface area contributed by atoms with Crippen molar-refractivity contribution in [1.82, 2.24) is 9.97 Å².